The van der Waals surface area contributed by atoms with E-state index in [1.54, 1.807) is 6.92 Å². The van der Waals surface area contributed by atoms with Gasteiger partial charge in [-0.1, -0.05) is 29.8 Å². The molecule has 3 nitrogen and oxygen atoms in total. The fourth-order valence-corrected chi connectivity index (χ4v) is 1.31. The van der Waals surface area contributed by atoms with E-state index in [0.717, 1.165) is 11.1 Å². The zero-order chi connectivity index (χ0) is 11.5. The molecule has 0 saturated heterocycles. The van der Waals surface area contributed by atoms with Gasteiger partial charge >= 0.3 is 0 Å². The van der Waals surface area contributed by atoms with Crippen LogP contribution in [0.5, 0.6) is 0 Å². The number of aryl methyl sites for hydroxylation is 1. The van der Waals surface area contributed by atoms with Crippen LogP contribution in [0.4, 0.5) is 0 Å². The molecule has 1 amide bonds. The summed E-state index contributed by atoms with van der Waals surface area (Å²) in [6.45, 7) is 5.34. The van der Waals surface area contributed by atoms with Crippen LogP contribution in [0.2, 0.25) is 0 Å². The first kappa shape index (κ1) is 11.7. The van der Waals surface area contributed by atoms with Crippen LogP contribution in [0.15, 0.2) is 24.3 Å². The lowest BCUT2D eigenvalue weighted by Gasteiger charge is -2.24. The summed E-state index contributed by atoms with van der Waals surface area (Å²) in [6.07, 6.45) is 0. The second-order valence-corrected chi connectivity index (χ2v) is 4.05. The van der Waals surface area contributed by atoms with Crippen LogP contribution in [-0.2, 0) is 10.4 Å². The maximum Gasteiger partial charge on any atom is 0.216 e. The predicted octanol–water partition coefficient (Wildman–Crippen LogP) is 1.34. The van der Waals surface area contributed by atoms with Gasteiger partial charge in [-0.2, -0.15) is 0 Å². The van der Waals surface area contributed by atoms with Crippen molar-refractivity contribution in [1.29, 1.82) is 0 Å². The second kappa shape index (κ2) is 4.45. The van der Waals surface area contributed by atoms with Crippen molar-refractivity contribution in [2.45, 2.75) is 26.4 Å². The highest BCUT2D eigenvalue weighted by Gasteiger charge is 2.22. The normalized spacial score (nSPS) is 14.4. The fourth-order valence-electron chi connectivity index (χ4n) is 1.31. The summed E-state index contributed by atoms with van der Waals surface area (Å²) in [5.41, 5.74) is 0.940. The van der Waals surface area contributed by atoms with Crippen LogP contribution >= 0.6 is 0 Å². The molecule has 0 aliphatic rings. The molecule has 0 saturated carbocycles. The maximum atomic E-state index is 10.8. The molecule has 3 heteroatoms. The largest absolute Gasteiger partial charge is 0.384 e. The summed E-state index contributed by atoms with van der Waals surface area (Å²) < 4.78 is 0. The molecule has 0 fully saturated rings. The number of carbonyl (C=O) groups is 1. The van der Waals surface area contributed by atoms with Crippen molar-refractivity contribution >= 4 is 5.91 Å². The Morgan fingerprint density at radius 1 is 1.40 bits per heavy atom. The van der Waals surface area contributed by atoms with Gasteiger partial charge in [-0.25, -0.2) is 0 Å². The lowest BCUT2D eigenvalue weighted by molar-refractivity contribution is -0.120. The molecule has 15 heavy (non-hydrogen) atoms. The molecule has 1 unspecified atom stereocenters. The summed E-state index contributed by atoms with van der Waals surface area (Å²) in [7, 11) is 0. The molecular formula is C12H17NO2. The molecular weight excluding hydrogens is 190 g/mol. The molecule has 0 radical (unpaired) electrons. The fraction of sp³-hybridized carbons (Fsp3) is 0.417. The molecule has 0 aliphatic carbocycles. The lowest BCUT2D eigenvalue weighted by atomic mass is 9.95. The molecule has 1 rings (SSSR count). The second-order valence-electron chi connectivity index (χ2n) is 4.05. The molecule has 82 valence electrons. The van der Waals surface area contributed by atoms with Crippen molar-refractivity contribution < 1.29 is 9.90 Å². The van der Waals surface area contributed by atoms with E-state index in [1.165, 1.54) is 6.92 Å². The Bertz CT molecular complexity index is 341. The van der Waals surface area contributed by atoms with Crippen molar-refractivity contribution in [3.63, 3.8) is 0 Å². The first-order valence-electron chi connectivity index (χ1n) is 4.96. The Morgan fingerprint density at radius 3 is 2.40 bits per heavy atom. The van der Waals surface area contributed by atoms with Crippen molar-refractivity contribution in [3.8, 4) is 0 Å². The number of carbonyl (C=O) groups excluding carboxylic acids is 1. The minimum absolute atomic E-state index is 0.137. The van der Waals surface area contributed by atoms with Crippen molar-refractivity contribution in [2.75, 3.05) is 6.54 Å². The SMILES string of the molecule is CC(=O)NCC(C)(O)c1ccc(C)cc1. The minimum Gasteiger partial charge on any atom is -0.384 e. The van der Waals surface area contributed by atoms with E-state index in [9.17, 15) is 9.90 Å². The van der Waals surface area contributed by atoms with Crippen molar-refractivity contribution in [3.05, 3.63) is 35.4 Å². The van der Waals surface area contributed by atoms with Crippen LogP contribution in [0, 0.1) is 6.92 Å². The van der Waals surface area contributed by atoms with Gasteiger partial charge in [0.15, 0.2) is 0 Å². The zero-order valence-corrected chi connectivity index (χ0v) is 9.37. The number of benzene rings is 1. The Labute approximate surface area is 90.1 Å². The van der Waals surface area contributed by atoms with E-state index in [0.29, 0.717) is 0 Å². The van der Waals surface area contributed by atoms with Gasteiger partial charge < -0.3 is 10.4 Å². The van der Waals surface area contributed by atoms with Gasteiger partial charge in [-0.3, -0.25) is 4.79 Å². The number of amides is 1. The van der Waals surface area contributed by atoms with E-state index >= 15 is 0 Å². The Hall–Kier alpha value is -1.35. The number of nitrogens with one attached hydrogen (secondary N) is 1. The average Bonchev–Trinajstić information content (AvgIpc) is 2.16. The molecule has 0 spiro atoms. The first-order valence-corrected chi connectivity index (χ1v) is 4.96. The van der Waals surface area contributed by atoms with Crippen LogP contribution in [0.1, 0.15) is 25.0 Å². The molecule has 1 atom stereocenters. The average molecular weight is 207 g/mol. The van der Waals surface area contributed by atoms with Crippen molar-refractivity contribution in [2.24, 2.45) is 0 Å². The standard InChI is InChI=1S/C12H17NO2/c1-9-4-6-11(7-5-9)12(3,15)8-13-10(2)14/h4-7,15H,8H2,1-3H3,(H,13,14). The summed E-state index contributed by atoms with van der Waals surface area (Å²) >= 11 is 0. The molecule has 0 heterocycles. The zero-order valence-electron chi connectivity index (χ0n) is 9.37. The summed E-state index contributed by atoms with van der Waals surface area (Å²) in [5, 5.41) is 12.7. The molecule has 0 aromatic heterocycles. The van der Waals surface area contributed by atoms with Gasteiger partial charge in [-0.05, 0) is 19.4 Å². The number of hydrogen-bond acceptors (Lipinski definition) is 2. The van der Waals surface area contributed by atoms with Gasteiger partial charge in [0.1, 0.15) is 5.60 Å². The lowest BCUT2D eigenvalue weighted by Crippen LogP contribution is -2.37. The molecule has 1 aromatic carbocycles. The predicted molar refractivity (Wildman–Crippen MR) is 59.4 cm³/mol. The van der Waals surface area contributed by atoms with E-state index in [2.05, 4.69) is 5.32 Å². The first-order chi connectivity index (χ1) is 6.92. The van der Waals surface area contributed by atoms with Gasteiger partial charge in [0.05, 0.1) is 6.54 Å². The molecule has 0 aliphatic heterocycles. The number of aliphatic hydroxyl groups is 1. The smallest absolute Gasteiger partial charge is 0.216 e. The van der Waals surface area contributed by atoms with Gasteiger partial charge in [0, 0.05) is 6.92 Å². The van der Waals surface area contributed by atoms with Crippen LogP contribution < -0.4 is 5.32 Å². The third-order valence-electron chi connectivity index (χ3n) is 2.36. The highest BCUT2D eigenvalue weighted by Crippen LogP contribution is 2.19. The third kappa shape index (κ3) is 3.36. The van der Waals surface area contributed by atoms with Crippen LogP contribution in [-0.4, -0.2) is 17.6 Å². The molecule has 1 aromatic rings. The highest BCUT2D eigenvalue weighted by molar-refractivity contribution is 5.72. The maximum absolute atomic E-state index is 10.8. The van der Waals surface area contributed by atoms with E-state index < -0.39 is 5.60 Å². The van der Waals surface area contributed by atoms with Gasteiger partial charge in [0.25, 0.3) is 0 Å². The summed E-state index contributed by atoms with van der Waals surface area (Å²) in [6, 6.07) is 7.63. The van der Waals surface area contributed by atoms with Crippen LogP contribution in [0.3, 0.4) is 0 Å². The molecule has 0 bridgehead atoms. The summed E-state index contributed by atoms with van der Waals surface area (Å²) in [5.74, 6) is -0.137. The van der Waals surface area contributed by atoms with E-state index in [1.807, 2.05) is 31.2 Å². The van der Waals surface area contributed by atoms with Gasteiger partial charge in [-0.15, -0.1) is 0 Å². The topological polar surface area (TPSA) is 49.3 Å². The van der Waals surface area contributed by atoms with Gasteiger partial charge in [0.2, 0.25) is 5.91 Å². The highest BCUT2D eigenvalue weighted by atomic mass is 16.3. The molecule has 2 N–H and O–H groups in total. The quantitative estimate of drug-likeness (QED) is 0.785. The van der Waals surface area contributed by atoms with E-state index in [-0.39, 0.29) is 12.5 Å². The number of rotatable bonds is 3. The van der Waals surface area contributed by atoms with Crippen LogP contribution in [0.25, 0.3) is 0 Å². The third-order valence-corrected chi connectivity index (χ3v) is 2.36. The minimum atomic E-state index is -1.01. The Kier molecular flexibility index (Phi) is 3.48. The Morgan fingerprint density at radius 2 is 1.93 bits per heavy atom. The van der Waals surface area contributed by atoms with E-state index in [4.69, 9.17) is 0 Å². The Balaban J connectivity index is 2.76. The summed E-state index contributed by atoms with van der Waals surface area (Å²) in [4.78, 5) is 10.8. The monoisotopic (exact) mass is 207 g/mol. The van der Waals surface area contributed by atoms with Crippen molar-refractivity contribution in [1.82, 2.24) is 5.32 Å². The number of hydrogen-bond donors (Lipinski definition) is 2.